The lowest BCUT2D eigenvalue weighted by Crippen LogP contribution is -2.11. The van der Waals surface area contributed by atoms with Gasteiger partial charge in [0.1, 0.15) is 0 Å². The second kappa shape index (κ2) is 2.51. The van der Waals surface area contributed by atoms with E-state index in [1.54, 1.807) is 6.92 Å². The van der Waals surface area contributed by atoms with E-state index in [0.717, 1.165) is 6.42 Å². The van der Waals surface area contributed by atoms with Crippen LogP contribution in [-0.4, -0.2) is 20.3 Å². The smallest absolute Gasteiger partial charge is 0.267 e. The summed E-state index contributed by atoms with van der Waals surface area (Å²) in [4.78, 5) is 0. The first kappa shape index (κ1) is 8.01. The first-order valence-electron chi connectivity index (χ1n) is 3.46. The molecule has 2 unspecified atom stereocenters. The van der Waals surface area contributed by atoms with E-state index in [0.29, 0.717) is 0 Å². The normalized spacial score (nSPS) is 38.2. The Kier molecular flexibility index (Phi) is 2.01. The minimum atomic E-state index is -3.16. The van der Waals surface area contributed by atoms with E-state index in [-0.39, 0.29) is 17.8 Å². The summed E-state index contributed by atoms with van der Waals surface area (Å²) in [6.45, 7) is 3.78. The van der Waals surface area contributed by atoms with E-state index in [1.165, 1.54) is 0 Å². The SMILES string of the molecule is CCC1CS(=O)(=O)OC1C. The molecule has 0 aliphatic carbocycles. The molecular weight excluding hydrogens is 152 g/mol. The van der Waals surface area contributed by atoms with Gasteiger partial charge in [0.25, 0.3) is 10.1 Å². The molecule has 0 spiro atoms. The molecule has 0 radical (unpaired) electrons. The Morgan fingerprint density at radius 3 is 2.40 bits per heavy atom. The highest BCUT2D eigenvalue weighted by Crippen LogP contribution is 2.24. The average Bonchev–Trinajstić information content (AvgIpc) is 2.05. The van der Waals surface area contributed by atoms with Crippen molar-refractivity contribution in [2.45, 2.75) is 26.4 Å². The van der Waals surface area contributed by atoms with Gasteiger partial charge in [-0.25, -0.2) is 0 Å². The second-order valence-corrected chi connectivity index (χ2v) is 4.34. The minimum absolute atomic E-state index is 0.116. The number of hydrogen-bond acceptors (Lipinski definition) is 3. The standard InChI is InChI=1S/C6H12O3S/c1-3-6-4-10(7,8)9-5(6)2/h5-6H,3-4H2,1-2H3. The van der Waals surface area contributed by atoms with Crippen LogP contribution in [0.4, 0.5) is 0 Å². The highest BCUT2D eigenvalue weighted by Gasteiger charge is 2.34. The fourth-order valence-corrected chi connectivity index (χ4v) is 2.93. The Morgan fingerprint density at radius 2 is 2.20 bits per heavy atom. The van der Waals surface area contributed by atoms with Crippen LogP contribution in [0.2, 0.25) is 0 Å². The van der Waals surface area contributed by atoms with Gasteiger partial charge < -0.3 is 0 Å². The molecule has 2 atom stereocenters. The monoisotopic (exact) mass is 164 g/mol. The van der Waals surface area contributed by atoms with Gasteiger partial charge in [0.15, 0.2) is 0 Å². The summed E-state index contributed by atoms with van der Waals surface area (Å²) in [5.74, 6) is 0.398. The average molecular weight is 164 g/mol. The summed E-state index contributed by atoms with van der Waals surface area (Å²) in [6.07, 6.45) is 0.760. The third kappa shape index (κ3) is 1.49. The highest BCUT2D eigenvalue weighted by atomic mass is 32.2. The first-order valence-corrected chi connectivity index (χ1v) is 5.04. The quantitative estimate of drug-likeness (QED) is 0.537. The van der Waals surface area contributed by atoms with Gasteiger partial charge in [0.05, 0.1) is 11.9 Å². The van der Waals surface area contributed by atoms with Crippen molar-refractivity contribution < 1.29 is 12.6 Å². The van der Waals surface area contributed by atoms with Crippen LogP contribution in [0.25, 0.3) is 0 Å². The van der Waals surface area contributed by atoms with Crippen molar-refractivity contribution in [1.82, 2.24) is 0 Å². The predicted octanol–water partition coefficient (Wildman–Crippen LogP) is 0.761. The molecule has 0 aromatic carbocycles. The zero-order valence-electron chi connectivity index (χ0n) is 6.20. The molecule has 1 saturated heterocycles. The number of rotatable bonds is 1. The molecule has 4 heteroatoms. The van der Waals surface area contributed by atoms with Crippen LogP contribution in [0.3, 0.4) is 0 Å². The third-order valence-corrected chi connectivity index (χ3v) is 3.34. The van der Waals surface area contributed by atoms with E-state index in [9.17, 15) is 8.42 Å². The fourth-order valence-electron chi connectivity index (χ4n) is 1.20. The van der Waals surface area contributed by atoms with Crippen LogP contribution in [0.5, 0.6) is 0 Å². The zero-order chi connectivity index (χ0) is 7.78. The lowest BCUT2D eigenvalue weighted by atomic mass is 10.0. The maximum absolute atomic E-state index is 10.8. The molecule has 1 aliphatic heterocycles. The molecule has 0 saturated carbocycles. The molecule has 1 heterocycles. The third-order valence-electron chi connectivity index (χ3n) is 1.90. The lowest BCUT2D eigenvalue weighted by molar-refractivity contribution is 0.206. The Hall–Kier alpha value is -0.0900. The zero-order valence-corrected chi connectivity index (χ0v) is 7.02. The minimum Gasteiger partial charge on any atom is -0.267 e. The van der Waals surface area contributed by atoms with E-state index >= 15 is 0 Å². The second-order valence-electron chi connectivity index (χ2n) is 2.69. The highest BCUT2D eigenvalue weighted by molar-refractivity contribution is 7.86. The van der Waals surface area contributed by atoms with Crippen LogP contribution in [0.1, 0.15) is 20.3 Å². The van der Waals surface area contributed by atoms with Crippen molar-refractivity contribution in [3.8, 4) is 0 Å². The molecule has 0 aromatic rings. The van der Waals surface area contributed by atoms with E-state index < -0.39 is 10.1 Å². The molecule has 1 rings (SSSR count). The molecule has 60 valence electrons. The van der Waals surface area contributed by atoms with Gasteiger partial charge >= 0.3 is 0 Å². The van der Waals surface area contributed by atoms with Gasteiger partial charge in [-0.15, -0.1) is 0 Å². The summed E-state index contributed by atoms with van der Waals surface area (Å²) in [6, 6.07) is 0. The predicted molar refractivity (Wildman–Crippen MR) is 38.1 cm³/mol. The molecule has 3 nitrogen and oxygen atoms in total. The van der Waals surface area contributed by atoms with Crippen LogP contribution in [-0.2, 0) is 14.3 Å². The Balaban J connectivity index is 2.71. The molecule has 0 amide bonds. The van der Waals surface area contributed by atoms with Crippen LogP contribution in [0.15, 0.2) is 0 Å². The van der Waals surface area contributed by atoms with Crippen molar-refractivity contribution in [1.29, 1.82) is 0 Å². The molecule has 10 heavy (non-hydrogen) atoms. The van der Waals surface area contributed by atoms with Crippen molar-refractivity contribution in [3.63, 3.8) is 0 Å². The van der Waals surface area contributed by atoms with Crippen LogP contribution in [0, 0.1) is 5.92 Å². The van der Waals surface area contributed by atoms with Gasteiger partial charge in [0.2, 0.25) is 0 Å². The van der Waals surface area contributed by atoms with E-state index in [2.05, 4.69) is 0 Å². The first-order chi connectivity index (χ1) is 4.55. The topological polar surface area (TPSA) is 43.4 Å². The molecule has 0 bridgehead atoms. The molecular formula is C6H12O3S. The summed E-state index contributed by atoms with van der Waals surface area (Å²) in [5.41, 5.74) is 0. The fraction of sp³-hybridized carbons (Fsp3) is 1.00. The van der Waals surface area contributed by atoms with E-state index in [4.69, 9.17) is 4.18 Å². The van der Waals surface area contributed by atoms with Gasteiger partial charge in [0, 0.05) is 5.92 Å². The van der Waals surface area contributed by atoms with Gasteiger partial charge in [-0.3, -0.25) is 4.18 Å². The molecule has 1 fully saturated rings. The number of hydrogen-bond donors (Lipinski definition) is 0. The molecule has 1 aliphatic rings. The molecule has 0 aromatic heterocycles. The summed E-state index contributed by atoms with van der Waals surface area (Å²) in [7, 11) is -3.16. The van der Waals surface area contributed by atoms with Crippen molar-refractivity contribution >= 4 is 10.1 Å². The summed E-state index contributed by atoms with van der Waals surface area (Å²) < 4.78 is 26.3. The Morgan fingerprint density at radius 1 is 1.60 bits per heavy atom. The van der Waals surface area contributed by atoms with E-state index in [1.807, 2.05) is 6.92 Å². The van der Waals surface area contributed by atoms with Crippen molar-refractivity contribution in [3.05, 3.63) is 0 Å². The van der Waals surface area contributed by atoms with Gasteiger partial charge in [-0.1, -0.05) is 6.92 Å². The Bertz CT molecular complexity index is 207. The summed E-state index contributed by atoms with van der Waals surface area (Å²) >= 11 is 0. The largest absolute Gasteiger partial charge is 0.267 e. The van der Waals surface area contributed by atoms with Gasteiger partial charge in [-0.2, -0.15) is 8.42 Å². The molecule has 0 N–H and O–H groups in total. The Labute approximate surface area is 61.5 Å². The van der Waals surface area contributed by atoms with Crippen LogP contribution < -0.4 is 0 Å². The summed E-state index contributed by atoms with van der Waals surface area (Å²) in [5, 5.41) is 0. The van der Waals surface area contributed by atoms with Gasteiger partial charge in [-0.05, 0) is 13.3 Å². The maximum Gasteiger partial charge on any atom is 0.267 e. The van der Waals surface area contributed by atoms with Crippen molar-refractivity contribution in [2.24, 2.45) is 5.92 Å². The maximum atomic E-state index is 10.8. The lowest BCUT2D eigenvalue weighted by Gasteiger charge is -2.06. The van der Waals surface area contributed by atoms with Crippen molar-refractivity contribution in [2.75, 3.05) is 5.75 Å². The van der Waals surface area contributed by atoms with Crippen LogP contribution >= 0.6 is 0 Å².